The number of nitrogens with zero attached hydrogens (tertiary/aromatic N) is 2. The molecule has 0 atom stereocenters. The molecule has 5 nitrogen and oxygen atoms in total. The summed E-state index contributed by atoms with van der Waals surface area (Å²) in [7, 11) is 0. The van der Waals surface area contributed by atoms with Gasteiger partial charge in [0.2, 0.25) is 5.91 Å². The molecule has 0 unspecified atom stereocenters. The van der Waals surface area contributed by atoms with Crippen molar-refractivity contribution in [1.29, 1.82) is 0 Å². The van der Waals surface area contributed by atoms with Gasteiger partial charge in [0.25, 0.3) is 0 Å². The first-order valence-electron chi connectivity index (χ1n) is 10.0. The molecule has 146 valence electrons. The van der Waals surface area contributed by atoms with Crippen molar-refractivity contribution < 1.29 is 4.79 Å². The Morgan fingerprint density at radius 2 is 1.89 bits per heavy atom. The molecule has 0 spiro atoms. The van der Waals surface area contributed by atoms with Gasteiger partial charge in [-0.15, -0.1) is 0 Å². The number of carbonyl (C=O) groups excluding carboxylic acids is 1. The van der Waals surface area contributed by atoms with Crippen LogP contribution in [0, 0.1) is 0 Å². The van der Waals surface area contributed by atoms with Crippen molar-refractivity contribution in [3.05, 3.63) is 65.5 Å². The molecular formula is C23H28N4O. The molecule has 2 N–H and O–H groups in total. The average molecular weight is 377 g/mol. The van der Waals surface area contributed by atoms with Crippen LogP contribution in [0.1, 0.15) is 37.2 Å². The van der Waals surface area contributed by atoms with Gasteiger partial charge in [-0.2, -0.15) is 0 Å². The Balaban J connectivity index is 1.29. The summed E-state index contributed by atoms with van der Waals surface area (Å²) in [6.45, 7) is 7.03. The van der Waals surface area contributed by atoms with Crippen LogP contribution in [-0.4, -0.2) is 39.4 Å². The number of hydrogen-bond donors (Lipinski definition) is 2. The van der Waals surface area contributed by atoms with Gasteiger partial charge in [-0.1, -0.05) is 36.4 Å². The molecule has 0 bridgehead atoms. The summed E-state index contributed by atoms with van der Waals surface area (Å²) in [5.74, 6) is 0.939. The Hall–Kier alpha value is -2.66. The number of carbonyl (C=O) groups is 1. The lowest BCUT2D eigenvalue weighted by molar-refractivity contribution is -0.121. The number of H-pyrrole nitrogens is 1. The fourth-order valence-corrected chi connectivity index (χ4v) is 3.88. The van der Waals surface area contributed by atoms with Crippen LogP contribution in [0.4, 0.5) is 0 Å². The van der Waals surface area contributed by atoms with Crippen LogP contribution in [-0.2, 0) is 24.2 Å². The fourth-order valence-electron chi connectivity index (χ4n) is 3.88. The Bertz CT molecular complexity index is 942. The van der Waals surface area contributed by atoms with Gasteiger partial charge in [0, 0.05) is 38.0 Å². The second-order valence-corrected chi connectivity index (χ2v) is 8.23. The number of fused-ring (bicyclic) bond motifs is 2. The summed E-state index contributed by atoms with van der Waals surface area (Å²) in [5.41, 5.74) is 4.74. The van der Waals surface area contributed by atoms with Crippen molar-refractivity contribution in [3.63, 3.8) is 0 Å². The maximum atomic E-state index is 12.4. The van der Waals surface area contributed by atoms with Crippen LogP contribution in [0.15, 0.2) is 48.5 Å². The third-order valence-corrected chi connectivity index (χ3v) is 5.73. The number of aryl methyl sites for hydroxylation is 1. The van der Waals surface area contributed by atoms with Crippen molar-refractivity contribution in [2.75, 3.05) is 13.1 Å². The molecule has 4 rings (SSSR count). The van der Waals surface area contributed by atoms with E-state index in [-0.39, 0.29) is 11.4 Å². The topological polar surface area (TPSA) is 61.0 Å². The molecule has 1 aliphatic rings. The molecule has 1 aliphatic heterocycles. The number of aromatic nitrogens is 2. The highest BCUT2D eigenvalue weighted by molar-refractivity contribution is 5.77. The zero-order valence-electron chi connectivity index (χ0n) is 16.7. The number of aromatic amines is 1. The smallest absolute Gasteiger partial charge is 0.220 e. The SMILES string of the molecule is CC(C)(CNC(=O)CCc1nc2ccccc2[nH]1)N1CCc2ccccc2C1. The van der Waals surface area contributed by atoms with Gasteiger partial charge in [0.05, 0.1) is 11.0 Å². The van der Waals surface area contributed by atoms with Crippen molar-refractivity contribution in [1.82, 2.24) is 20.2 Å². The van der Waals surface area contributed by atoms with E-state index in [1.807, 2.05) is 24.3 Å². The lowest BCUT2D eigenvalue weighted by Crippen LogP contribution is -2.53. The molecule has 28 heavy (non-hydrogen) atoms. The molecule has 1 amide bonds. The summed E-state index contributed by atoms with van der Waals surface area (Å²) < 4.78 is 0. The molecular weight excluding hydrogens is 348 g/mol. The lowest BCUT2D eigenvalue weighted by Gasteiger charge is -2.41. The molecule has 0 radical (unpaired) electrons. The molecule has 2 aromatic carbocycles. The quantitative estimate of drug-likeness (QED) is 0.693. The third-order valence-electron chi connectivity index (χ3n) is 5.73. The van der Waals surface area contributed by atoms with Crippen LogP contribution >= 0.6 is 0 Å². The third kappa shape index (κ3) is 4.09. The zero-order chi connectivity index (χ0) is 19.6. The highest BCUT2D eigenvalue weighted by atomic mass is 16.1. The number of imidazole rings is 1. The summed E-state index contributed by atoms with van der Waals surface area (Å²) in [6.07, 6.45) is 2.14. The first kappa shape index (κ1) is 18.7. The molecule has 5 heteroatoms. The molecule has 0 saturated heterocycles. The predicted molar refractivity (Wildman–Crippen MR) is 112 cm³/mol. The Morgan fingerprint density at radius 3 is 2.71 bits per heavy atom. The van der Waals surface area contributed by atoms with E-state index < -0.39 is 0 Å². The average Bonchev–Trinajstić information content (AvgIpc) is 3.13. The van der Waals surface area contributed by atoms with Gasteiger partial charge < -0.3 is 10.3 Å². The normalized spacial score (nSPS) is 14.8. The van der Waals surface area contributed by atoms with E-state index in [1.54, 1.807) is 0 Å². The van der Waals surface area contributed by atoms with E-state index in [1.165, 1.54) is 11.1 Å². The summed E-state index contributed by atoms with van der Waals surface area (Å²) >= 11 is 0. The first-order chi connectivity index (χ1) is 13.5. The maximum Gasteiger partial charge on any atom is 0.220 e. The van der Waals surface area contributed by atoms with Gasteiger partial charge in [-0.05, 0) is 43.5 Å². The van der Waals surface area contributed by atoms with Crippen molar-refractivity contribution >= 4 is 16.9 Å². The molecule has 2 heterocycles. The number of hydrogen-bond acceptors (Lipinski definition) is 3. The zero-order valence-corrected chi connectivity index (χ0v) is 16.7. The molecule has 0 aliphatic carbocycles. The predicted octanol–water partition coefficient (Wildman–Crippen LogP) is 3.45. The number of rotatable bonds is 6. The van der Waals surface area contributed by atoms with E-state index in [4.69, 9.17) is 0 Å². The highest BCUT2D eigenvalue weighted by Gasteiger charge is 2.30. The fraction of sp³-hybridized carbons (Fsp3) is 0.391. The van der Waals surface area contributed by atoms with E-state index in [0.29, 0.717) is 19.4 Å². The standard InChI is InChI=1S/C23H28N4O/c1-23(2,27-14-13-17-7-3-4-8-18(17)15-27)16-24-22(28)12-11-21-25-19-9-5-6-10-20(19)26-21/h3-10H,11-16H2,1-2H3,(H,24,28)(H,25,26). The van der Waals surface area contributed by atoms with Crippen molar-refractivity contribution in [2.45, 2.75) is 45.2 Å². The minimum absolute atomic E-state index is 0.0749. The van der Waals surface area contributed by atoms with Gasteiger partial charge in [0.15, 0.2) is 0 Å². The molecule has 0 saturated carbocycles. The maximum absolute atomic E-state index is 12.4. The minimum Gasteiger partial charge on any atom is -0.354 e. The highest BCUT2D eigenvalue weighted by Crippen LogP contribution is 2.25. The minimum atomic E-state index is -0.0808. The Labute approximate surface area is 166 Å². The van der Waals surface area contributed by atoms with E-state index in [0.717, 1.165) is 36.4 Å². The van der Waals surface area contributed by atoms with Gasteiger partial charge in [-0.25, -0.2) is 4.98 Å². The monoisotopic (exact) mass is 376 g/mol. The molecule has 1 aromatic heterocycles. The van der Waals surface area contributed by atoms with Gasteiger partial charge in [-0.3, -0.25) is 9.69 Å². The lowest BCUT2D eigenvalue weighted by atomic mass is 9.94. The van der Waals surface area contributed by atoms with Gasteiger partial charge in [0.1, 0.15) is 5.82 Å². The number of amides is 1. The summed E-state index contributed by atoms with van der Waals surface area (Å²) in [5, 5.41) is 3.13. The number of benzene rings is 2. The van der Waals surface area contributed by atoms with Crippen molar-refractivity contribution in [3.8, 4) is 0 Å². The Morgan fingerprint density at radius 1 is 1.14 bits per heavy atom. The van der Waals surface area contributed by atoms with Crippen molar-refractivity contribution in [2.24, 2.45) is 0 Å². The van der Waals surface area contributed by atoms with Crippen LogP contribution in [0.2, 0.25) is 0 Å². The molecule has 3 aromatic rings. The molecule has 0 fully saturated rings. The second-order valence-electron chi connectivity index (χ2n) is 8.23. The summed E-state index contributed by atoms with van der Waals surface area (Å²) in [4.78, 5) is 22.7. The second kappa shape index (κ2) is 7.76. The van der Waals surface area contributed by atoms with Crippen LogP contribution < -0.4 is 5.32 Å². The van der Waals surface area contributed by atoms with E-state index in [2.05, 4.69) is 58.3 Å². The Kier molecular flexibility index (Phi) is 5.18. The van der Waals surface area contributed by atoms with E-state index >= 15 is 0 Å². The number of para-hydroxylation sites is 2. The first-order valence-corrected chi connectivity index (χ1v) is 10.0. The van der Waals surface area contributed by atoms with E-state index in [9.17, 15) is 4.79 Å². The van der Waals surface area contributed by atoms with Crippen LogP contribution in [0.5, 0.6) is 0 Å². The number of nitrogens with one attached hydrogen (secondary N) is 2. The summed E-state index contributed by atoms with van der Waals surface area (Å²) in [6, 6.07) is 16.6. The van der Waals surface area contributed by atoms with Gasteiger partial charge >= 0.3 is 0 Å². The largest absolute Gasteiger partial charge is 0.354 e. The van der Waals surface area contributed by atoms with Crippen LogP contribution in [0.25, 0.3) is 11.0 Å². The van der Waals surface area contributed by atoms with Crippen LogP contribution in [0.3, 0.4) is 0 Å².